The molecule has 14 heteroatoms. The number of carbonyl (C=O) groups is 1. The standard InChI is InChI=1S/C23H27ClN8O3S2/c1-23(13-25)7-10-32(11-8-23)17-12-29-21(19(26)31-17)36-16-6-2-5-15(18(16)24)30-20(33)14-4-3-9-28-22(14)37(27,34)35/h2-6,9,12H,7-8,10-11,13,25H2,1H3,(H2,26,31)(H,30,33)(H2,27,34,35). The molecule has 37 heavy (non-hydrogen) atoms. The highest BCUT2D eigenvalue weighted by molar-refractivity contribution is 7.99. The molecule has 1 amide bonds. The van der Waals surface area contributed by atoms with Crippen LogP contribution in [0.3, 0.4) is 0 Å². The lowest BCUT2D eigenvalue weighted by Gasteiger charge is -2.39. The minimum Gasteiger partial charge on any atom is -0.381 e. The average Bonchev–Trinajstić information content (AvgIpc) is 2.87. The van der Waals surface area contributed by atoms with E-state index in [0.29, 0.717) is 22.3 Å². The number of sulfonamides is 1. The Bertz CT molecular complexity index is 1430. The van der Waals surface area contributed by atoms with Gasteiger partial charge in [0, 0.05) is 24.2 Å². The SMILES string of the molecule is CC1(CN)CCN(c2cnc(Sc3cccc(NC(=O)c4cccnc4S(N)(=O)=O)c3Cl)c(N)n2)CC1. The molecule has 1 aliphatic heterocycles. The number of halogens is 1. The molecule has 4 rings (SSSR count). The second-order valence-electron chi connectivity index (χ2n) is 9.00. The molecular formula is C23H27ClN8O3S2. The number of rotatable bonds is 7. The van der Waals surface area contributed by atoms with Gasteiger partial charge in [-0.2, -0.15) is 0 Å². The van der Waals surface area contributed by atoms with E-state index in [0.717, 1.165) is 25.9 Å². The first-order chi connectivity index (χ1) is 17.5. The van der Waals surface area contributed by atoms with Gasteiger partial charge in [-0.1, -0.05) is 36.4 Å². The normalized spacial score (nSPS) is 15.4. The highest BCUT2D eigenvalue weighted by Gasteiger charge is 2.29. The number of hydrogen-bond donors (Lipinski definition) is 4. The summed E-state index contributed by atoms with van der Waals surface area (Å²) in [4.78, 5) is 28.3. The van der Waals surface area contributed by atoms with Gasteiger partial charge in [0.15, 0.2) is 10.8 Å². The molecule has 0 radical (unpaired) electrons. The van der Waals surface area contributed by atoms with Crippen molar-refractivity contribution in [1.29, 1.82) is 0 Å². The fraction of sp³-hybridized carbons (Fsp3) is 0.304. The van der Waals surface area contributed by atoms with E-state index < -0.39 is 21.0 Å². The number of nitrogen functional groups attached to an aromatic ring is 1. The minimum atomic E-state index is -4.20. The van der Waals surface area contributed by atoms with Crippen LogP contribution in [-0.4, -0.2) is 48.9 Å². The third-order valence-corrected chi connectivity index (χ3v) is 8.69. The zero-order chi connectivity index (χ0) is 26.8. The molecule has 1 aliphatic rings. The van der Waals surface area contributed by atoms with Crippen molar-refractivity contribution < 1.29 is 13.2 Å². The molecule has 3 heterocycles. The molecule has 0 bridgehead atoms. The zero-order valence-corrected chi connectivity index (χ0v) is 22.4. The predicted molar refractivity (Wildman–Crippen MR) is 144 cm³/mol. The van der Waals surface area contributed by atoms with Crippen molar-refractivity contribution in [2.75, 3.05) is 35.6 Å². The molecule has 0 unspecified atom stereocenters. The number of piperidine rings is 1. The van der Waals surface area contributed by atoms with E-state index in [4.69, 9.17) is 28.2 Å². The van der Waals surface area contributed by atoms with E-state index in [9.17, 15) is 13.2 Å². The molecule has 0 saturated carbocycles. The molecule has 0 spiro atoms. The van der Waals surface area contributed by atoms with E-state index in [-0.39, 0.29) is 27.5 Å². The van der Waals surface area contributed by atoms with Crippen LogP contribution in [0.5, 0.6) is 0 Å². The van der Waals surface area contributed by atoms with Gasteiger partial charge in [0.1, 0.15) is 10.8 Å². The van der Waals surface area contributed by atoms with E-state index >= 15 is 0 Å². The molecule has 1 fully saturated rings. The zero-order valence-electron chi connectivity index (χ0n) is 20.0. The van der Waals surface area contributed by atoms with Crippen molar-refractivity contribution in [2.45, 2.75) is 34.7 Å². The van der Waals surface area contributed by atoms with Crippen LogP contribution in [0.15, 0.2) is 57.7 Å². The van der Waals surface area contributed by atoms with E-state index in [2.05, 4.69) is 32.1 Å². The average molecular weight is 563 g/mol. The summed E-state index contributed by atoms with van der Waals surface area (Å²) in [6, 6.07) is 7.76. The molecule has 11 nitrogen and oxygen atoms in total. The number of carbonyl (C=O) groups excluding carboxylic acids is 1. The van der Waals surface area contributed by atoms with Crippen molar-refractivity contribution in [2.24, 2.45) is 16.3 Å². The number of primary sulfonamides is 1. The summed E-state index contributed by atoms with van der Waals surface area (Å²) in [5.41, 5.74) is 12.3. The van der Waals surface area contributed by atoms with Crippen molar-refractivity contribution in [3.8, 4) is 0 Å². The molecule has 1 saturated heterocycles. The van der Waals surface area contributed by atoms with Crippen LogP contribution in [0.1, 0.15) is 30.1 Å². The Morgan fingerprint density at radius 1 is 1.22 bits per heavy atom. The Balaban J connectivity index is 1.51. The number of amides is 1. The highest BCUT2D eigenvalue weighted by atomic mass is 35.5. The topological polar surface area (TPSA) is 183 Å². The Labute approximate surface area is 224 Å². The van der Waals surface area contributed by atoms with Crippen molar-refractivity contribution in [3.63, 3.8) is 0 Å². The summed E-state index contributed by atoms with van der Waals surface area (Å²) in [5.74, 6) is 0.237. The summed E-state index contributed by atoms with van der Waals surface area (Å²) in [7, 11) is -4.20. The van der Waals surface area contributed by atoms with Gasteiger partial charge in [-0.25, -0.2) is 28.5 Å². The fourth-order valence-corrected chi connectivity index (χ4v) is 5.64. The largest absolute Gasteiger partial charge is 0.381 e. The van der Waals surface area contributed by atoms with Crippen LogP contribution < -0.4 is 26.8 Å². The van der Waals surface area contributed by atoms with Crippen molar-refractivity contribution in [1.82, 2.24) is 15.0 Å². The maximum absolute atomic E-state index is 12.8. The number of anilines is 3. The van der Waals surface area contributed by atoms with Gasteiger partial charge in [-0.15, -0.1) is 0 Å². The van der Waals surface area contributed by atoms with E-state index in [1.807, 2.05) is 0 Å². The number of nitrogens with one attached hydrogen (secondary N) is 1. The van der Waals surface area contributed by atoms with Crippen LogP contribution in [0.25, 0.3) is 0 Å². The van der Waals surface area contributed by atoms with Gasteiger partial charge < -0.3 is 21.7 Å². The molecule has 196 valence electrons. The summed E-state index contributed by atoms with van der Waals surface area (Å²) < 4.78 is 23.6. The quantitative estimate of drug-likeness (QED) is 0.334. The van der Waals surface area contributed by atoms with Gasteiger partial charge >= 0.3 is 0 Å². The fourth-order valence-electron chi connectivity index (χ4n) is 3.86. The van der Waals surface area contributed by atoms with Crippen molar-refractivity contribution in [3.05, 3.63) is 53.3 Å². The number of aromatic nitrogens is 3. The molecular weight excluding hydrogens is 536 g/mol. The van der Waals surface area contributed by atoms with E-state index in [1.54, 1.807) is 24.4 Å². The summed E-state index contributed by atoms with van der Waals surface area (Å²) in [6.07, 6.45) is 4.85. The Morgan fingerprint density at radius 2 is 1.95 bits per heavy atom. The lowest BCUT2D eigenvalue weighted by atomic mass is 9.80. The molecule has 2 aromatic heterocycles. The first-order valence-electron chi connectivity index (χ1n) is 11.3. The lowest BCUT2D eigenvalue weighted by Crippen LogP contribution is -2.42. The number of pyridine rings is 1. The molecule has 1 aromatic carbocycles. The first kappa shape index (κ1) is 27.1. The Morgan fingerprint density at radius 3 is 2.59 bits per heavy atom. The summed E-state index contributed by atoms with van der Waals surface area (Å²) in [6.45, 7) is 4.50. The molecule has 7 N–H and O–H groups in total. The third-order valence-electron chi connectivity index (χ3n) is 6.24. The van der Waals surface area contributed by atoms with Gasteiger partial charge in [0.25, 0.3) is 15.9 Å². The van der Waals surface area contributed by atoms with E-state index in [1.165, 1.54) is 30.1 Å². The Hall–Kier alpha value is -2.97. The number of benzene rings is 1. The second kappa shape index (κ2) is 10.8. The first-order valence-corrected chi connectivity index (χ1v) is 14.1. The highest BCUT2D eigenvalue weighted by Crippen LogP contribution is 2.39. The monoisotopic (exact) mass is 562 g/mol. The molecule has 3 aromatic rings. The molecule has 0 atom stereocenters. The van der Waals surface area contributed by atoms with Crippen LogP contribution >= 0.6 is 23.4 Å². The van der Waals surface area contributed by atoms with Crippen LogP contribution in [0, 0.1) is 5.41 Å². The minimum absolute atomic E-state index is 0.139. The van der Waals surface area contributed by atoms with Crippen LogP contribution in [0.2, 0.25) is 5.02 Å². The van der Waals surface area contributed by atoms with Gasteiger partial charge in [0.05, 0.1) is 22.5 Å². The van der Waals surface area contributed by atoms with Gasteiger partial charge in [0.2, 0.25) is 0 Å². The molecule has 0 aliphatic carbocycles. The maximum atomic E-state index is 12.8. The Kier molecular flexibility index (Phi) is 7.90. The van der Waals surface area contributed by atoms with Gasteiger partial charge in [-0.05, 0) is 49.1 Å². The predicted octanol–water partition coefficient (Wildman–Crippen LogP) is 2.72. The summed E-state index contributed by atoms with van der Waals surface area (Å²) >= 11 is 7.76. The lowest BCUT2D eigenvalue weighted by molar-refractivity contribution is 0.102. The number of hydrogen-bond acceptors (Lipinski definition) is 10. The van der Waals surface area contributed by atoms with Gasteiger partial charge in [-0.3, -0.25) is 4.79 Å². The number of nitrogens with zero attached hydrogens (tertiary/aromatic N) is 4. The third kappa shape index (κ3) is 6.13. The van der Waals surface area contributed by atoms with Crippen LogP contribution in [-0.2, 0) is 10.0 Å². The summed E-state index contributed by atoms with van der Waals surface area (Å²) in [5, 5.41) is 7.96. The second-order valence-corrected chi connectivity index (χ2v) is 11.9. The number of nitrogens with two attached hydrogens (primary N) is 3. The van der Waals surface area contributed by atoms with Crippen molar-refractivity contribution >= 4 is 56.6 Å². The smallest absolute Gasteiger partial charge is 0.258 e. The maximum Gasteiger partial charge on any atom is 0.258 e. The van der Waals surface area contributed by atoms with Crippen LogP contribution in [0.4, 0.5) is 17.3 Å².